The SMILES string of the molecule is CC12CCCC1C1CCC3CCCCC3C1CC2. The maximum atomic E-state index is 2.63. The van der Waals surface area contributed by atoms with Crippen LogP contribution in [0.25, 0.3) is 0 Å². The molecule has 0 aromatic carbocycles. The molecule has 102 valence electrons. The van der Waals surface area contributed by atoms with E-state index in [1.54, 1.807) is 70.6 Å². The van der Waals surface area contributed by atoms with Crippen molar-refractivity contribution in [3.05, 3.63) is 0 Å². The Bertz CT molecular complexity index is 320. The molecule has 0 aromatic rings. The molecule has 0 saturated heterocycles. The van der Waals surface area contributed by atoms with Gasteiger partial charge in [0, 0.05) is 0 Å². The van der Waals surface area contributed by atoms with Gasteiger partial charge in [-0.25, -0.2) is 0 Å². The van der Waals surface area contributed by atoms with Crippen molar-refractivity contribution < 1.29 is 0 Å². The monoisotopic (exact) mass is 246 g/mol. The molecule has 4 aliphatic rings. The Balaban J connectivity index is 1.59. The van der Waals surface area contributed by atoms with Gasteiger partial charge in [-0.15, -0.1) is 0 Å². The van der Waals surface area contributed by atoms with Gasteiger partial charge in [-0.05, 0) is 80.0 Å². The first-order chi connectivity index (χ1) is 8.78. The smallest absolute Gasteiger partial charge is 0.0295 e. The van der Waals surface area contributed by atoms with Gasteiger partial charge in [-0.1, -0.05) is 32.6 Å². The molecule has 0 aliphatic heterocycles. The van der Waals surface area contributed by atoms with Crippen molar-refractivity contribution in [3.8, 4) is 0 Å². The van der Waals surface area contributed by atoms with E-state index >= 15 is 0 Å². The van der Waals surface area contributed by atoms with Gasteiger partial charge in [0.1, 0.15) is 0 Å². The summed E-state index contributed by atoms with van der Waals surface area (Å²) in [5.41, 5.74) is 0.767. The topological polar surface area (TPSA) is 0 Å². The number of hydrogen-bond acceptors (Lipinski definition) is 0. The van der Waals surface area contributed by atoms with E-state index in [0.717, 1.165) is 35.0 Å². The van der Waals surface area contributed by atoms with Gasteiger partial charge in [-0.2, -0.15) is 0 Å². The molecule has 18 heavy (non-hydrogen) atoms. The largest absolute Gasteiger partial charge is 0.0594 e. The lowest BCUT2D eigenvalue weighted by atomic mass is 9.51. The molecule has 6 atom stereocenters. The van der Waals surface area contributed by atoms with Crippen LogP contribution in [0, 0.1) is 35.0 Å². The predicted molar refractivity (Wildman–Crippen MR) is 76.3 cm³/mol. The maximum Gasteiger partial charge on any atom is -0.0295 e. The fraction of sp³-hybridized carbons (Fsp3) is 1.00. The summed E-state index contributed by atoms with van der Waals surface area (Å²) < 4.78 is 0. The summed E-state index contributed by atoms with van der Waals surface area (Å²) in [4.78, 5) is 0. The van der Waals surface area contributed by atoms with E-state index in [1.807, 2.05) is 0 Å². The Morgan fingerprint density at radius 2 is 1.56 bits per heavy atom. The van der Waals surface area contributed by atoms with E-state index in [-0.39, 0.29) is 0 Å². The van der Waals surface area contributed by atoms with Gasteiger partial charge in [0.15, 0.2) is 0 Å². The molecule has 0 heteroatoms. The summed E-state index contributed by atoms with van der Waals surface area (Å²) in [7, 11) is 0. The molecule has 0 spiro atoms. The normalized spacial score (nSPS) is 55.5. The standard InChI is InChI=1S/C18H30/c1-18-11-4-7-17(18)16-9-8-13-5-2-3-6-14(13)15(16)10-12-18/h13-17H,2-12H2,1H3. The minimum atomic E-state index is 0.767. The lowest BCUT2D eigenvalue weighted by Gasteiger charge is -2.54. The van der Waals surface area contributed by atoms with Crippen LogP contribution >= 0.6 is 0 Å². The third-order valence-corrected chi connectivity index (χ3v) is 7.66. The van der Waals surface area contributed by atoms with Crippen LogP contribution in [0.1, 0.15) is 77.6 Å². The fourth-order valence-electron chi connectivity index (χ4n) is 6.82. The molecule has 0 heterocycles. The summed E-state index contributed by atoms with van der Waals surface area (Å²) in [5.74, 6) is 5.72. The van der Waals surface area contributed by atoms with Gasteiger partial charge in [0.25, 0.3) is 0 Å². The molecule has 6 unspecified atom stereocenters. The second-order valence-electron chi connectivity index (χ2n) is 8.30. The first-order valence-electron chi connectivity index (χ1n) is 8.78. The van der Waals surface area contributed by atoms with Crippen LogP contribution < -0.4 is 0 Å². The summed E-state index contributed by atoms with van der Waals surface area (Å²) in [5, 5.41) is 0. The van der Waals surface area contributed by atoms with Crippen LogP contribution in [0.2, 0.25) is 0 Å². The zero-order valence-corrected chi connectivity index (χ0v) is 12.2. The average molecular weight is 246 g/mol. The molecule has 0 aromatic heterocycles. The number of hydrogen-bond donors (Lipinski definition) is 0. The highest BCUT2D eigenvalue weighted by Crippen LogP contribution is 2.62. The van der Waals surface area contributed by atoms with Crippen molar-refractivity contribution in [1.29, 1.82) is 0 Å². The van der Waals surface area contributed by atoms with E-state index in [0.29, 0.717) is 0 Å². The van der Waals surface area contributed by atoms with Gasteiger partial charge in [-0.3, -0.25) is 0 Å². The molecule has 0 amide bonds. The summed E-state index contributed by atoms with van der Waals surface area (Å²) in [6, 6.07) is 0. The van der Waals surface area contributed by atoms with E-state index in [2.05, 4.69) is 6.92 Å². The quantitative estimate of drug-likeness (QED) is 0.535. The van der Waals surface area contributed by atoms with Crippen LogP contribution in [0.15, 0.2) is 0 Å². The lowest BCUT2D eigenvalue weighted by molar-refractivity contribution is -0.0492. The Morgan fingerprint density at radius 3 is 2.50 bits per heavy atom. The summed E-state index contributed by atoms with van der Waals surface area (Å²) in [6.07, 6.45) is 17.3. The Morgan fingerprint density at radius 1 is 0.667 bits per heavy atom. The molecule has 4 saturated carbocycles. The molecule has 4 rings (SSSR count). The van der Waals surface area contributed by atoms with Crippen LogP contribution in [0.5, 0.6) is 0 Å². The van der Waals surface area contributed by atoms with Crippen molar-refractivity contribution >= 4 is 0 Å². The van der Waals surface area contributed by atoms with Crippen molar-refractivity contribution in [2.45, 2.75) is 77.6 Å². The first-order valence-corrected chi connectivity index (χ1v) is 8.78. The minimum absolute atomic E-state index is 0.767. The lowest BCUT2D eigenvalue weighted by Crippen LogP contribution is -2.46. The molecule has 0 bridgehead atoms. The highest BCUT2D eigenvalue weighted by molar-refractivity contribution is 5.02. The highest BCUT2D eigenvalue weighted by Gasteiger charge is 2.52. The minimum Gasteiger partial charge on any atom is -0.0594 e. The zero-order valence-electron chi connectivity index (χ0n) is 12.2. The maximum absolute atomic E-state index is 2.63. The molecule has 0 nitrogen and oxygen atoms in total. The second kappa shape index (κ2) is 4.25. The third kappa shape index (κ3) is 1.63. The van der Waals surface area contributed by atoms with Gasteiger partial charge < -0.3 is 0 Å². The second-order valence-corrected chi connectivity index (χ2v) is 8.30. The summed E-state index contributed by atoms with van der Waals surface area (Å²) in [6.45, 7) is 2.63. The Kier molecular flexibility index (Phi) is 2.79. The van der Waals surface area contributed by atoms with Gasteiger partial charge in [0.2, 0.25) is 0 Å². The molecule has 4 fully saturated rings. The molecule has 0 radical (unpaired) electrons. The van der Waals surface area contributed by atoms with Crippen molar-refractivity contribution in [2.24, 2.45) is 35.0 Å². The predicted octanol–water partition coefficient (Wildman–Crippen LogP) is 5.42. The van der Waals surface area contributed by atoms with E-state index in [9.17, 15) is 0 Å². The third-order valence-electron chi connectivity index (χ3n) is 7.66. The molecular formula is C18H30. The molecule has 0 N–H and O–H groups in total. The Hall–Kier alpha value is 0. The molecular weight excluding hydrogens is 216 g/mol. The van der Waals surface area contributed by atoms with E-state index < -0.39 is 0 Å². The highest BCUT2D eigenvalue weighted by atomic mass is 14.6. The van der Waals surface area contributed by atoms with Gasteiger partial charge in [0.05, 0.1) is 0 Å². The van der Waals surface area contributed by atoms with Gasteiger partial charge >= 0.3 is 0 Å². The van der Waals surface area contributed by atoms with E-state index in [1.165, 1.54) is 0 Å². The van der Waals surface area contributed by atoms with Crippen LogP contribution in [-0.2, 0) is 0 Å². The van der Waals surface area contributed by atoms with Crippen molar-refractivity contribution in [1.82, 2.24) is 0 Å². The molecule has 4 aliphatic carbocycles. The first kappa shape index (κ1) is 11.8. The fourth-order valence-corrected chi connectivity index (χ4v) is 6.82. The zero-order chi connectivity index (χ0) is 12.2. The van der Waals surface area contributed by atoms with Crippen molar-refractivity contribution in [3.63, 3.8) is 0 Å². The average Bonchev–Trinajstić information content (AvgIpc) is 2.80. The van der Waals surface area contributed by atoms with Crippen LogP contribution in [-0.4, -0.2) is 0 Å². The number of fused-ring (bicyclic) bond motifs is 5. The Labute approximate surface area is 113 Å². The number of rotatable bonds is 0. The summed E-state index contributed by atoms with van der Waals surface area (Å²) >= 11 is 0. The van der Waals surface area contributed by atoms with Crippen LogP contribution in [0.4, 0.5) is 0 Å². The van der Waals surface area contributed by atoms with Crippen LogP contribution in [0.3, 0.4) is 0 Å². The van der Waals surface area contributed by atoms with Crippen molar-refractivity contribution in [2.75, 3.05) is 0 Å². The van der Waals surface area contributed by atoms with E-state index in [4.69, 9.17) is 0 Å².